The van der Waals surface area contributed by atoms with Crippen molar-refractivity contribution in [3.63, 3.8) is 0 Å². The average Bonchev–Trinajstić information content (AvgIpc) is 2.71. The van der Waals surface area contributed by atoms with Crippen molar-refractivity contribution in [3.05, 3.63) is 63.6 Å². The molecule has 1 aliphatic rings. The van der Waals surface area contributed by atoms with E-state index in [4.69, 9.17) is 33.7 Å². The Morgan fingerprint density at radius 3 is 2.57 bits per heavy atom. The normalized spacial score (nSPS) is 17.0. The molecular formula is C21H23Cl2N3O3S. The summed E-state index contributed by atoms with van der Waals surface area (Å²) in [6.45, 7) is 4.81. The van der Waals surface area contributed by atoms with Gasteiger partial charge in [-0.1, -0.05) is 29.3 Å². The second-order valence-corrected chi connectivity index (χ2v) is 8.95. The fourth-order valence-electron chi connectivity index (χ4n) is 3.15. The van der Waals surface area contributed by atoms with Gasteiger partial charge in [0.05, 0.1) is 29.3 Å². The van der Waals surface area contributed by atoms with E-state index < -0.39 is 5.91 Å². The fraction of sp³-hybridized carbons (Fsp3) is 0.333. The minimum Gasteiger partial charge on any atom is -0.374 e. The van der Waals surface area contributed by atoms with Gasteiger partial charge >= 0.3 is 0 Å². The van der Waals surface area contributed by atoms with Crippen LogP contribution in [0.5, 0.6) is 0 Å². The predicted molar refractivity (Wildman–Crippen MR) is 120 cm³/mol. The van der Waals surface area contributed by atoms with Crippen molar-refractivity contribution in [1.82, 2.24) is 9.21 Å². The minimum atomic E-state index is -0.479. The topological polar surface area (TPSA) is 75.9 Å². The standard InChI is InChI=1S/C21H23Cl2N3O3S/c1-14(27)26(30-18-5-3-16(4-6-18)21(24)28)13-17-12-25(8-9-29-17)11-15-2-7-19(22)20(23)10-15/h2-7,10,17H,8-9,11-13H2,1H3,(H2,24,28)/t17-/m0/s1. The van der Waals surface area contributed by atoms with Crippen LogP contribution in [-0.4, -0.2) is 53.4 Å². The number of nitrogens with zero attached hydrogens (tertiary/aromatic N) is 2. The molecule has 6 nitrogen and oxygen atoms in total. The molecule has 9 heteroatoms. The predicted octanol–water partition coefficient (Wildman–Crippen LogP) is 3.85. The molecule has 1 heterocycles. The summed E-state index contributed by atoms with van der Waals surface area (Å²) in [4.78, 5) is 26.5. The number of primary amides is 1. The van der Waals surface area contributed by atoms with Crippen molar-refractivity contribution in [3.8, 4) is 0 Å². The molecule has 2 aromatic carbocycles. The zero-order valence-electron chi connectivity index (χ0n) is 16.5. The maximum atomic E-state index is 12.2. The van der Waals surface area contributed by atoms with E-state index in [1.54, 1.807) is 34.6 Å². The van der Waals surface area contributed by atoms with E-state index in [2.05, 4.69) is 4.90 Å². The maximum Gasteiger partial charge on any atom is 0.248 e. The molecule has 1 aliphatic heterocycles. The third kappa shape index (κ3) is 6.36. The van der Waals surface area contributed by atoms with E-state index in [0.29, 0.717) is 35.3 Å². The van der Waals surface area contributed by atoms with Crippen LogP contribution in [0, 0.1) is 0 Å². The van der Waals surface area contributed by atoms with Crippen LogP contribution in [0.3, 0.4) is 0 Å². The number of nitrogens with two attached hydrogens (primary N) is 1. The van der Waals surface area contributed by atoms with Crippen molar-refractivity contribution in [2.75, 3.05) is 26.2 Å². The van der Waals surface area contributed by atoms with Crippen LogP contribution in [-0.2, 0) is 16.1 Å². The number of rotatable bonds is 7. The van der Waals surface area contributed by atoms with E-state index in [1.807, 2.05) is 12.1 Å². The lowest BCUT2D eigenvalue weighted by molar-refractivity contribution is -0.126. The van der Waals surface area contributed by atoms with Gasteiger partial charge in [0.25, 0.3) is 0 Å². The lowest BCUT2D eigenvalue weighted by Crippen LogP contribution is -2.46. The number of hydrogen-bond donors (Lipinski definition) is 1. The molecule has 1 atom stereocenters. The van der Waals surface area contributed by atoms with Crippen molar-refractivity contribution in [1.29, 1.82) is 0 Å². The fourth-order valence-corrected chi connectivity index (χ4v) is 4.36. The van der Waals surface area contributed by atoms with Crippen LogP contribution in [0.4, 0.5) is 0 Å². The second kappa shape index (κ2) is 10.5. The summed E-state index contributed by atoms with van der Waals surface area (Å²) >= 11 is 13.4. The molecular weight excluding hydrogens is 445 g/mol. The van der Waals surface area contributed by atoms with Gasteiger partial charge in [0.2, 0.25) is 11.8 Å². The van der Waals surface area contributed by atoms with E-state index in [9.17, 15) is 9.59 Å². The first-order chi connectivity index (χ1) is 14.3. The highest BCUT2D eigenvalue weighted by molar-refractivity contribution is 7.97. The summed E-state index contributed by atoms with van der Waals surface area (Å²) < 4.78 is 7.57. The third-order valence-corrected chi connectivity index (χ3v) is 6.54. The van der Waals surface area contributed by atoms with Crippen LogP contribution in [0.1, 0.15) is 22.8 Å². The number of hydrogen-bond acceptors (Lipinski definition) is 5. The van der Waals surface area contributed by atoms with Gasteiger partial charge in [-0.25, -0.2) is 0 Å². The number of morpholine rings is 1. The molecule has 0 saturated carbocycles. The van der Waals surface area contributed by atoms with Crippen LogP contribution in [0.25, 0.3) is 0 Å². The summed E-state index contributed by atoms with van der Waals surface area (Å²) in [5.41, 5.74) is 6.79. The van der Waals surface area contributed by atoms with Gasteiger partial charge in [-0.2, -0.15) is 0 Å². The number of benzene rings is 2. The Morgan fingerprint density at radius 1 is 1.20 bits per heavy atom. The smallest absolute Gasteiger partial charge is 0.248 e. The summed E-state index contributed by atoms with van der Waals surface area (Å²) in [6, 6.07) is 12.5. The van der Waals surface area contributed by atoms with Gasteiger partial charge in [-0.3, -0.25) is 18.8 Å². The van der Waals surface area contributed by atoms with Crippen LogP contribution in [0.15, 0.2) is 47.4 Å². The minimum absolute atomic E-state index is 0.0656. The van der Waals surface area contributed by atoms with Crippen LogP contribution < -0.4 is 5.73 Å². The Hall–Kier alpha value is -1.77. The summed E-state index contributed by atoms with van der Waals surface area (Å²) in [5.74, 6) is -0.545. The van der Waals surface area contributed by atoms with Crippen LogP contribution >= 0.6 is 35.1 Å². The number of carbonyl (C=O) groups excluding carboxylic acids is 2. The summed E-state index contributed by atoms with van der Waals surface area (Å²) in [7, 11) is 0. The largest absolute Gasteiger partial charge is 0.374 e. The Labute approximate surface area is 190 Å². The first-order valence-electron chi connectivity index (χ1n) is 9.45. The Bertz CT molecular complexity index is 911. The SMILES string of the molecule is CC(=O)N(C[C@@H]1CN(Cc2ccc(Cl)c(Cl)c2)CCO1)Sc1ccc(C(N)=O)cc1. The van der Waals surface area contributed by atoms with E-state index in [0.717, 1.165) is 23.5 Å². The van der Waals surface area contributed by atoms with Gasteiger partial charge in [-0.15, -0.1) is 0 Å². The molecule has 2 N–H and O–H groups in total. The molecule has 0 radical (unpaired) electrons. The molecule has 0 unspecified atom stereocenters. The molecule has 2 amide bonds. The Kier molecular flexibility index (Phi) is 8.02. The maximum absolute atomic E-state index is 12.2. The van der Waals surface area contributed by atoms with Crippen molar-refractivity contribution >= 4 is 47.0 Å². The quantitative estimate of drug-likeness (QED) is 0.625. The molecule has 160 valence electrons. The summed E-state index contributed by atoms with van der Waals surface area (Å²) in [5, 5.41) is 1.08. The van der Waals surface area contributed by atoms with E-state index in [-0.39, 0.29) is 12.0 Å². The molecule has 1 saturated heterocycles. The van der Waals surface area contributed by atoms with E-state index >= 15 is 0 Å². The number of carbonyl (C=O) groups is 2. The third-order valence-electron chi connectivity index (χ3n) is 4.69. The van der Waals surface area contributed by atoms with Gasteiger partial charge in [0, 0.05) is 37.0 Å². The van der Waals surface area contributed by atoms with Gasteiger partial charge < -0.3 is 10.5 Å². The summed E-state index contributed by atoms with van der Waals surface area (Å²) in [6.07, 6.45) is -0.109. The molecule has 0 aromatic heterocycles. The number of ether oxygens (including phenoxy) is 1. The van der Waals surface area contributed by atoms with Crippen LogP contribution in [0.2, 0.25) is 10.0 Å². The second-order valence-electron chi connectivity index (χ2n) is 7.04. The molecule has 0 bridgehead atoms. The van der Waals surface area contributed by atoms with Crippen molar-refractivity contribution in [2.24, 2.45) is 5.73 Å². The van der Waals surface area contributed by atoms with Gasteiger partial charge in [0.15, 0.2) is 0 Å². The Morgan fingerprint density at radius 2 is 1.93 bits per heavy atom. The first-order valence-corrected chi connectivity index (χ1v) is 11.0. The molecule has 0 spiro atoms. The Balaban J connectivity index is 1.59. The van der Waals surface area contributed by atoms with Gasteiger partial charge in [-0.05, 0) is 53.9 Å². The monoisotopic (exact) mass is 467 g/mol. The lowest BCUT2D eigenvalue weighted by atomic mass is 10.2. The van der Waals surface area contributed by atoms with Gasteiger partial charge in [0.1, 0.15) is 0 Å². The molecule has 2 aromatic rings. The molecule has 30 heavy (non-hydrogen) atoms. The lowest BCUT2D eigenvalue weighted by Gasteiger charge is -2.35. The number of halogens is 2. The first kappa shape index (κ1) is 22.9. The molecule has 1 fully saturated rings. The number of amides is 2. The molecule has 0 aliphatic carbocycles. The highest BCUT2D eigenvalue weighted by atomic mass is 35.5. The van der Waals surface area contributed by atoms with E-state index in [1.165, 1.54) is 18.9 Å². The highest BCUT2D eigenvalue weighted by Gasteiger charge is 2.25. The zero-order valence-corrected chi connectivity index (χ0v) is 18.8. The molecule has 3 rings (SSSR count). The van der Waals surface area contributed by atoms with Crippen molar-refractivity contribution < 1.29 is 14.3 Å². The highest BCUT2D eigenvalue weighted by Crippen LogP contribution is 2.26. The zero-order chi connectivity index (χ0) is 21.7. The van der Waals surface area contributed by atoms with Crippen molar-refractivity contribution in [2.45, 2.75) is 24.5 Å². The average molecular weight is 468 g/mol.